The molecule has 3 N–H and O–H groups in total. The van der Waals surface area contributed by atoms with Gasteiger partial charge in [-0.15, -0.1) is 10.2 Å². The molecule has 20 heavy (non-hydrogen) atoms. The van der Waals surface area contributed by atoms with Gasteiger partial charge < -0.3 is 5.73 Å². The van der Waals surface area contributed by atoms with Gasteiger partial charge in [0.1, 0.15) is 0 Å². The fourth-order valence-electron chi connectivity index (χ4n) is 2.74. The number of nitrogens with zero attached hydrogens (tertiary/aromatic N) is 3. The molecule has 0 spiro atoms. The van der Waals surface area contributed by atoms with E-state index < -0.39 is 0 Å². The number of nitrogens with two attached hydrogens (primary N) is 1. The monoisotopic (exact) mass is 277 g/mol. The highest BCUT2D eigenvalue weighted by Crippen LogP contribution is 2.30. The molecule has 1 aliphatic carbocycles. The van der Waals surface area contributed by atoms with Crippen LogP contribution in [0.3, 0.4) is 0 Å². The van der Waals surface area contributed by atoms with Crippen LogP contribution in [0.15, 0.2) is 0 Å². The largest absolute Gasteiger partial charge is 0.325 e. The van der Waals surface area contributed by atoms with Crippen LogP contribution in [0, 0.1) is 0 Å². The van der Waals surface area contributed by atoms with Crippen molar-refractivity contribution in [2.45, 2.75) is 64.3 Å². The second-order valence-corrected chi connectivity index (χ2v) is 5.53. The zero-order chi connectivity index (χ0) is 14.6. The molecular formula is C14H23N5O. The Balaban J connectivity index is 2.00. The van der Waals surface area contributed by atoms with Crippen molar-refractivity contribution in [1.82, 2.24) is 15.2 Å². The maximum Gasteiger partial charge on any atom is 0.249 e. The lowest BCUT2D eigenvalue weighted by Crippen LogP contribution is -2.40. The summed E-state index contributed by atoms with van der Waals surface area (Å²) >= 11 is 0. The van der Waals surface area contributed by atoms with Gasteiger partial charge in [0.15, 0.2) is 0 Å². The van der Waals surface area contributed by atoms with Crippen molar-refractivity contribution in [3.8, 4) is 0 Å². The van der Waals surface area contributed by atoms with Gasteiger partial charge in [-0.1, -0.05) is 26.7 Å². The summed E-state index contributed by atoms with van der Waals surface area (Å²) in [7, 11) is 0. The van der Waals surface area contributed by atoms with Crippen molar-refractivity contribution in [1.29, 1.82) is 0 Å². The maximum atomic E-state index is 12.0. The first-order chi connectivity index (χ1) is 9.56. The van der Waals surface area contributed by atoms with E-state index in [4.69, 9.17) is 5.73 Å². The minimum atomic E-state index is -0.353. The molecule has 0 radical (unpaired) electrons. The highest BCUT2D eigenvalue weighted by atomic mass is 16.1. The molecule has 0 saturated heterocycles. The number of hydrogen-bond donors (Lipinski definition) is 2. The number of nitrogens with one attached hydrogen (secondary N) is 1. The van der Waals surface area contributed by atoms with E-state index in [-0.39, 0.29) is 17.4 Å². The predicted octanol–water partition coefficient (Wildman–Crippen LogP) is 1.60. The summed E-state index contributed by atoms with van der Waals surface area (Å²) in [5.41, 5.74) is 7.62. The third kappa shape index (κ3) is 3.50. The minimum Gasteiger partial charge on any atom is -0.325 e. The van der Waals surface area contributed by atoms with E-state index in [0.717, 1.165) is 49.9 Å². The van der Waals surface area contributed by atoms with Crippen molar-refractivity contribution in [2.24, 2.45) is 5.73 Å². The van der Waals surface area contributed by atoms with E-state index in [1.807, 2.05) is 13.8 Å². The van der Waals surface area contributed by atoms with Gasteiger partial charge in [-0.05, 0) is 25.7 Å². The molecular weight excluding hydrogens is 254 g/mol. The normalized spacial score (nSPS) is 17.1. The molecule has 0 bridgehead atoms. The van der Waals surface area contributed by atoms with Crippen molar-refractivity contribution in [3.05, 3.63) is 11.4 Å². The second kappa shape index (κ2) is 6.26. The maximum absolute atomic E-state index is 12.0. The van der Waals surface area contributed by atoms with E-state index in [0.29, 0.717) is 6.42 Å². The van der Waals surface area contributed by atoms with E-state index in [1.54, 1.807) is 0 Å². The fraction of sp³-hybridized carbons (Fsp3) is 0.714. The Morgan fingerprint density at radius 1 is 1.20 bits per heavy atom. The second-order valence-electron chi connectivity index (χ2n) is 5.53. The van der Waals surface area contributed by atoms with Crippen LogP contribution in [0.25, 0.3) is 0 Å². The topological polar surface area (TPSA) is 93.8 Å². The molecule has 0 unspecified atom stereocenters. The van der Waals surface area contributed by atoms with Gasteiger partial charge in [-0.25, -0.2) is 4.98 Å². The molecule has 0 aliphatic heterocycles. The Morgan fingerprint density at radius 3 is 2.45 bits per heavy atom. The van der Waals surface area contributed by atoms with Crippen LogP contribution >= 0.6 is 0 Å². The van der Waals surface area contributed by atoms with Crippen LogP contribution in [0.4, 0.5) is 5.95 Å². The third-order valence-corrected chi connectivity index (χ3v) is 3.87. The SMILES string of the molecule is CCc1nnc(NC(=O)CC2(N)CCCC2)nc1CC. The van der Waals surface area contributed by atoms with Gasteiger partial charge in [0.25, 0.3) is 0 Å². The quantitative estimate of drug-likeness (QED) is 0.852. The molecule has 0 aromatic carbocycles. The fourth-order valence-corrected chi connectivity index (χ4v) is 2.74. The van der Waals surface area contributed by atoms with Crippen molar-refractivity contribution < 1.29 is 4.79 Å². The van der Waals surface area contributed by atoms with Crippen LogP contribution in [0.1, 0.15) is 57.3 Å². The van der Waals surface area contributed by atoms with Crippen molar-refractivity contribution >= 4 is 11.9 Å². The first-order valence-electron chi connectivity index (χ1n) is 7.37. The van der Waals surface area contributed by atoms with E-state index in [9.17, 15) is 4.79 Å². The Morgan fingerprint density at radius 2 is 1.85 bits per heavy atom. The lowest BCUT2D eigenvalue weighted by Gasteiger charge is -2.22. The molecule has 1 aromatic rings. The minimum absolute atomic E-state index is 0.123. The van der Waals surface area contributed by atoms with E-state index in [1.165, 1.54) is 0 Å². The first-order valence-corrected chi connectivity index (χ1v) is 7.37. The molecule has 2 rings (SSSR count). The van der Waals surface area contributed by atoms with Crippen molar-refractivity contribution in [3.63, 3.8) is 0 Å². The lowest BCUT2D eigenvalue weighted by molar-refractivity contribution is -0.117. The number of amides is 1. The standard InChI is InChI=1S/C14H23N5O/c1-3-10-11(4-2)18-19-13(16-10)17-12(20)9-14(15)7-5-6-8-14/h3-9,15H2,1-2H3,(H,16,17,19,20). The summed E-state index contributed by atoms with van der Waals surface area (Å²) in [5, 5.41) is 10.8. The van der Waals surface area contributed by atoms with E-state index >= 15 is 0 Å². The number of carbonyl (C=O) groups excluding carboxylic acids is 1. The smallest absolute Gasteiger partial charge is 0.249 e. The summed E-state index contributed by atoms with van der Waals surface area (Å²) in [6.07, 6.45) is 5.93. The molecule has 6 nitrogen and oxygen atoms in total. The summed E-state index contributed by atoms with van der Waals surface area (Å²) in [6.45, 7) is 4.03. The van der Waals surface area contributed by atoms with Gasteiger partial charge >= 0.3 is 0 Å². The Hall–Kier alpha value is -1.56. The van der Waals surface area contributed by atoms with Gasteiger partial charge in [-0.2, -0.15) is 0 Å². The number of aromatic nitrogens is 3. The molecule has 6 heteroatoms. The molecule has 1 amide bonds. The first kappa shape index (κ1) is 14.8. The molecule has 1 aliphatic rings. The molecule has 1 aromatic heterocycles. The number of rotatable bonds is 5. The van der Waals surface area contributed by atoms with Crippen LogP contribution in [-0.2, 0) is 17.6 Å². The summed E-state index contributed by atoms with van der Waals surface area (Å²) in [4.78, 5) is 16.4. The van der Waals surface area contributed by atoms with Crippen LogP contribution < -0.4 is 11.1 Å². The predicted molar refractivity (Wildman–Crippen MR) is 77.2 cm³/mol. The molecule has 1 fully saturated rings. The van der Waals surface area contributed by atoms with Crippen LogP contribution in [-0.4, -0.2) is 26.6 Å². The zero-order valence-electron chi connectivity index (χ0n) is 12.3. The van der Waals surface area contributed by atoms with Gasteiger partial charge in [-0.3, -0.25) is 10.1 Å². The highest BCUT2D eigenvalue weighted by Gasteiger charge is 2.31. The Bertz CT molecular complexity index is 482. The van der Waals surface area contributed by atoms with Gasteiger partial charge in [0.05, 0.1) is 11.4 Å². The molecule has 0 atom stereocenters. The number of hydrogen-bond acceptors (Lipinski definition) is 5. The summed E-state index contributed by atoms with van der Waals surface area (Å²) in [5.74, 6) is 0.160. The highest BCUT2D eigenvalue weighted by molar-refractivity contribution is 5.89. The Kier molecular flexibility index (Phi) is 4.65. The zero-order valence-corrected chi connectivity index (χ0v) is 12.3. The van der Waals surface area contributed by atoms with Crippen LogP contribution in [0.2, 0.25) is 0 Å². The van der Waals surface area contributed by atoms with Gasteiger partial charge in [0.2, 0.25) is 11.9 Å². The molecule has 1 heterocycles. The average Bonchev–Trinajstić information content (AvgIpc) is 2.84. The number of carbonyl (C=O) groups is 1. The number of anilines is 1. The van der Waals surface area contributed by atoms with Gasteiger partial charge in [0, 0.05) is 12.0 Å². The Labute approximate surface area is 119 Å². The van der Waals surface area contributed by atoms with Crippen molar-refractivity contribution in [2.75, 3.05) is 5.32 Å². The average molecular weight is 277 g/mol. The van der Waals surface area contributed by atoms with Crippen LogP contribution in [0.5, 0.6) is 0 Å². The third-order valence-electron chi connectivity index (χ3n) is 3.87. The number of aryl methyl sites for hydroxylation is 2. The summed E-state index contributed by atoms with van der Waals surface area (Å²) in [6, 6.07) is 0. The lowest BCUT2D eigenvalue weighted by atomic mass is 9.94. The molecule has 110 valence electrons. The van der Waals surface area contributed by atoms with E-state index in [2.05, 4.69) is 20.5 Å². The summed E-state index contributed by atoms with van der Waals surface area (Å²) < 4.78 is 0. The molecule has 1 saturated carbocycles.